The fraction of sp³-hybridized carbons (Fsp3) is 0.571. The molecule has 5 heteroatoms. The SMILES string of the molecule is [C-]#[N+]c1cncc([C@@H]2CN3CCNC[C@H]3CO2)c1C. The van der Waals surface area contributed by atoms with Crippen molar-refractivity contribution in [2.24, 2.45) is 0 Å². The molecule has 1 aromatic rings. The Morgan fingerprint density at radius 2 is 2.42 bits per heavy atom. The van der Waals surface area contributed by atoms with E-state index in [1.165, 1.54) is 0 Å². The minimum Gasteiger partial charge on any atom is -0.370 e. The average molecular weight is 258 g/mol. The molecule has 2 atom stereocenters. The Labute approximate surface area is 113 Å². The first-order valence-corrected chi connectivity index (χ1v) is 6.68. The van der Waals surface area contributed by atoms with Crippen LogP contribution in [0.2, 0.25) is 0 Å². The first-order chi connectivity index (χ1) is 9.29. The summed E-state index contributed by atoms with van der Waals surface area (Å²) < 4.78 is 5.99. The van der Waals surface area contributed by atoms with E-state index in [1.807, 2.05) is 13.1 Å². The highest BCUT2D eigenvalue weighted by Gasteiger charge is 2.32. The number of nitrogens with one attached hydrogen (secondary N) is 1. The van der Waals surface area contributed by atoms with Crippen molar-refractivity contribution >= 4 is 5.69 Å². The molecule has 0 saturated carbocycles. The monoisotopic (exact) mass is 258 g/mol. The molecule has 3 rings (SSSR count). The van der Waals surface area contributed by atoms with Crippen LogP contribution in [0, 0.1) is 13.5 Å². The van der Waals surface area contributed by atoms with E-state index in [4.69, 9.17) is 11.3 Å². The maximum absolute atomic E-state index is 7.17. The fourth-order valence-corrected chi connectivity index (χ4v) is 2.86. The van der Waals surface area contributed by atoms with Crippen LogP contribution < -0.4 is 5.32 Å². The molecule has 0 spiro atoms. The zero-order chi connectivity index (χ0) is 13.2. The van der Waals surface area contributed by atoms with E-state index < -0.39 is 0 Å². The maximum Gasteiger partial charge on any atom is 0.208 e. The molecule has 19 heavy (non-hydrogen) atoms. The Morgan fingerprint density at radius 1 is 1.53 bits per heavy atom. The number of nitrogens with zero attached hydrogens (tertiary/aromatic N) is 3. The number of hydrogen-bond donors (Lipinski definition) is 1. The number of hydrogen-bond acceptors (Lipinski definition) is 4. The van der Waals surface area contributed by atoms with Crippen molar-refractivity contribution in [3.63, 3.8) is 0 Å². The summed E-state index contributed by atoms with van der Waals surface area (Å²) in [6.45, 7) is 13.9. The predicted octanol–water partition coefficient (Wildman–Crippen LogP) is 1.29. The van der Waals surface area contributed by atoms with Crippen LogP contribution in [0.4, 0.5) is 5.69 Å². The molecule has 5 nitrogen and oxygen atoms in total. The highest BCUT2D eigenvalue weighted by molar-refractivity contribution is 5.53. The van der Waals surface area contributed by atoms with Crippen molar-refractivity contribution in [1.29, 1.82) is 0 Å². The molecule has 2 fully saturated rings. The molecule has 0 amide bonds. The first kappa shape index (κ1) is 12.5. The zero-order valence-corrected chi connectivity index (χ0v) is 11.1. The van der Waals surface area contributed by atoms with E-state index in [0.717, 1.165) is 43.9 Å². The van der Waals surface area contributed by atoms with Crippen molar-refractivity contribution in [2.75, 3.05) is 32.8 Å². The Balaban J connectivity index is 1.82. The van der Waals surface area contributed by atoms with E-state index in [1.54, 1.807) is 6.20 Å². The standard InChI is InChI=1S/C14H18N4O/c1-10-12(6-17-7-13(10)15-2)14-8-18-4-3-16-5-11(18)9-19-14/h6-7,11,14,16H,3-5,8-9H2,1H3/t11-,14-/m0/s1. The summed E-state index contributed by atoms with van der Waals surface area (Å²) in [5.41, 5.74) is 2.69. The number of piperazine rings is 1. The second-order valence-electron chi connectivity index (χ2n) is 5.16. The van der Waals surface area contributed by atoms with Gasteiger partial charge in [-0.1, -0.05) is 0 Å². The Hall–Kier alpha value is -1.48. The Morgan fingerprint density at radius 3 is 3.26 bits per heavy atom. The number of ether oxygens (including phenoxy) is 1. The maximum atomic E-state index is 7.17. The molecule has 1 N–H and O–H groups in total. The molecular formula is C14H18N4O. The molecule has 2 aliphatic rings. The first-order valence-electron chi connectivity index (χ1n) is 6.68. The van der Waals surface area contributed by atoms with Crippen LogP contribution in [0.1, 0.15) is 17.2 Å². The topological polar surface area (TPSA) is 41.8 Å². The summed E-state index contributed by atoms with van der Waals surface area (Å²) in [5.74, 6) is 0. The molecule has 3 heterocycles. The van der Waals surface area contributed by atoms with E-state index in [0.29, 0.717) is 11.7 Å². The lowest BCUT2D eigenvalue weighted by atomic mass is 10.0. The Kier molecular flexibility index (Phi) is 3.47. The third kappa shape index (κ3) is 2.35. The summed E-state index contributed by atoms with van der Waals surface area (Å²) in [7, 11) is 0. The highest BCUT2D eigenvalue weighted by Crippen LogP contribution is 2.31. The Bertz CT molecular complexity index is 511. The molecule has 0 unspecified atom stereocenters. The summed E-state index contributed by atoms with van der Waals surface area (Å²) >= 11 is 0. The van der Waals surface area contributed by atoms with Crippen LogP contribution in [-0.2, 0) is 4.74 Å². The fourth-order valence-electron chi connectivity index (χ4n) is 2.86. The summed E-state index contributed by atoms with van der Waals surface area (Å²) in [5, 5.41) is 3.39. The van der Waals surface area contributed by atoms with Gasteiger partial charge in [0.25, 0.3) is 0 Å². The van der Waals surface area contributed by atoms with E-state index >= 15 is 0 Å². The van der Waals surface area contributed by atoms with Crippen LogP contribution in [0.3, 0.4) is 0 Å². The summed E-state index contributed by atoms with van der Waals surface area (Å²) in [6.07, 6.45) is 3.52. The molecule has 2 saturated heterocycles. The third-order valence-corrected chi connectivity index (χ3v) is 4.06. The highest BCUT2D eigenvalue weighted by atomic mass is 16.5. The molecule has 0 bridgehead atoms. The predicted molar refractivity (Wildman–Crippen MR) is 72.2 cm³/mol. The van der Waals surface area contributed by atoms with Gasteiger partial charge in [0.2, 0.25) is 5.69 Å². The average Bonchev–Trinajstić information content (AvgIpc) is 2.47. The van der Waals surface area contributed by atoms with Crippen LogP contribution in [0.25, 0.3) is 4.85 Å². The number of rotatable bonds is 1. The minimum atomic E-state index is 0.0450. The van der Waals surface area contributed by atoms with E-state index in [-0.39, 0.29) is 6.10 Å². The van der Waals surface area contributed by atoms with Gasteiger partial charge in [-0.15, -0.1) is 0 Å². The van der Waals surface area contributed by atoms with E-state index in [9.17, 15) is 0 Å². The van der Waals surface area contributed by atoms with Gasteiger partial charge in [0.15, 0.2) is 0 Å². The lowest BCUT2D eigenvalue weighted by molar-refractivity contribution is -0.0720. The smallest absolute Gasteiger partial charge is 0.208 e. The van der Waals surface area contributed by atoms with Gasteiger partial charge in [-0.25, -0.2) is 4.85 Å². The van der Waals surface area contributed by atoms with Crippen molar-refractivity contribution < 1.29 is 4.74 Å². The van der Waals surface area contributed by atoms with Crippen molar-refractivity contribution in [3.05, 3.63) is 34.9 Å². The second kappa shape index (κ2) is 5.25. The van der Waals surface area contributed by atoms with Crippen molar-refractivity contribution in [3.8, 4) is 0 Å². The lowest BCUT2D eigenvalue weighted by Gasteiger charge is -2.43. The van der Waals surface area contributed by atoms with Gasteiger partial charge in [0, 0.05) is 44.6 Å². The van der Waals surface area contributed by atoms with Gasteiger partial charge in [-0.2, -0.15) is 0 Å². The van der Waals surface area contributed by atoms with Gasteiger partial charge >= 0.3 is 0 Å². The summed E-state index contributed by atoms with van der Waals surface area (Å²) in [6, 6.07) is 0.488. The van der Waals surface area contributed by atoms with Crippen molar-refractivity contribution in [2.45, 2.75) is 19.1 Å². The molecule has 1 aromatic heterocycles. The van der Waals surface area contributed by atoms with E-state index in [2.05, 4.69) is 20.0 Å². The number of aromatic nitrogens is 1. The van der Waals surface area contributed by atoms with Gasteiger partial charge in [-0.3, -0.25) is 9.88 Å². The van der Waals surface area contributed by atoms with Gasteiger partial charge in [0.05, 0.1) is 19.3 Å². The second-order valence-corrected chi connectivity index (χ2v) is 5.16. The number of fused-ring (bicyclic) bond motifs is 1. The van der Waals surface area contributed by atoms with Crippen LogP contribution in [0.5, 0.6) is 0 Å². The third-order valence-electron chi connectivity index (χ3n) is 4.06. The minimum absolute atomic E-state index is 0.0450. The van der Waals surface area contributed by atoms with Crippen LogP contribution in [0.15, 0.2) is 12.4 Å². The largest absolute Gasteiger partial charge is 0.370 e. The number of morpholine rings is 1. The molecule has 100 valence electrons. The van der Waals surface area contributed by atoms with Gasteiger partial charge < -0.3 is 10.1 Å². The number of pyridine rings is 1. The lowest BCUT2D eigenvalue weighted by Crippen LogP contribution is -2.57. The molecular weight excluding hydrogens is 240 g/mol. The molecule has 0 aromatic carbocycles. The van der Waals surface area contributed by atoms with Crippen LogP contribution in [-0.4, -0.2) is 48.7 Å². The molecule has 0 aliphatic carbocycles. The zero-order valence-electron chi connectivity index (χ0n) is 11.1. The summed E-state index contributed by atoms with van der Waals surface area (Å²) in [4.78, 5) is 10.2. The quantitative estimate of drug-likeness (QED) is 0.771. The van der Waals surface area contributed by atoms with Crippen LogP contribution >= 0.6 is 0 Å². The normalized spacial score (nSPS) is 27.6. The van der Waals surface area contributed by atoms with Crippen molar-refractivity contribution in [1.82, 2.24) is 15.2 Å². The van der Waals surface area contributed by atoms with Gasteiger partial charge in [0.1, 0.15) is 0 Å². The van der Waals surface area contributed by atoms with Gasteiger partial charge in [-0.05, 0) is 18.1 Å². The molecule has 2 aliphatic heterocycles. The molecule has 0 radical (unpaired) electrons.